The molecular formula is C16H17FO3S. The summed E-state index contributed by atoms with van der Waals surface area (Å²) < 4.78 is 38.1. The van der Waals surface area contributed by atoms with Gasteiger partial charge in [0.1, 0.15) is 10.7 Å². The summed E-state index contributed by atoms with van der Waals surface area (Å²) in [4.78, 5) is -0.380. The molecule has 21 heavy (non-hydrogen) atoms. The number of benzene rings is 2. The number of rotatable bonds is 4. The molecule has 0 radical (unpaired) electrons. The summed E-state index contributed by atoms with van der Waals surface area (Å²) in [6, 6.07) is 10.6. The fraction of sp³-hybridized carbons (Fsp3) is 0.250. The number of aryl methyl sites for hydroxylation is 2. The Balaban J connectivity index is 2.33. The number of halogens is 1. The minimum absolute atomic E-state index is 0.380. The lowest BCUT2D eigenvalue weighted by Crippen LogP contribution is -2.16. The molecule has 0 aliphatic heterocycles. The molecule has 0 heterocycles. The lowest BCUT2D eigenvalue weighted by atomic mass is 10.0. The standard InChI is InChI=1S/C16H17FO3S/c1-11-7-8-12(2)13(9-11)15(18)10-21(19,20)16-6-4-3-5-14(16)17/h3-9,15,18H,10H2,1-2H3. The highest BCUT2D eigenvalue weighted by molar-refractivity contribution is 7.91. The Morgan fingerprint density at radius 3 is 2.48 bits per heavy atom. The maximum absolute atomic E-state index is 13.6. The van der Waals surface area contributed by atoms with Crippen molar-refractivity contribution >= 4 is 9.84 Å². The summed E-state index contributed by atoms with van der Waals surface area (Å²) in [5, 5.41) is 10.2. The largest absolute Gasteiger partial charge is 0.387 e. The van der Waals surface area contributed by atoms with Crippen LogP contribution in [0.4, 0.5) is 4.39 Å². The molecule has 0 aliphatic rings. The second kappa shape index (κ2) is 5.95. The van der Waals surface area contributed by atoms with Crippen LogP contribution in [0.1, 0.15) is 22.8 Å². The highest BCUT2D eigenvalue weighted by Crippen LogP contribution is 2.24. The van der Waals surface area contributed by atoms with Crippen LogP contribution in [0.2, 0.25) is 0 Å². The molecule has 0 aliphatic carbocycles. The number of sulfone groups is 1. The first-order chi connectivity index (χ1) is 9.81. The Hall–Kier alpha value is -1.72. The Bertz CT molecular complexity index is 754. The van der Waals surface area contributed by atoms with Crippen molar-refractivity contribution in [3.8, 4) is 0 Å². The predicted molar refractivity (Wildman–Crippen MR) is 79.3 cm³/mol. The molecule has 1 N–H and O–H groups in total. The minimum atomic E-state index is -3.89. The van der Waals surface area contributed by atoms with Gasteiger partial charge < -0.3 is 5.11 Å². The Morgan fingerprint density at radius 2 is 1.81 bits per heavy atom. The smallest absolute Gasteiger partial charge is 0.184 e. The molecule has 0 spiro atoms. The van der Waals surface area contributed by atoms with Crippen LogP contribution in [0, 0.1) is 19.7 Å². The van der Waals surface area contributed by atoms with Crippen molar-refractivity contribution < 1.29 is 17.9 Å². The van der Waals surface area contributed by atoms with Gasteiger partial charge in [-0.05, 0) is 37.1 Å². The number of aliphatic hydroxyl groups excluding tert-OH is 1. The van der Waals surface area contributed by atoms with Gasteiger partial charge >= 0.3 is 0 Å². The molecular weight excluding hydrogens is 291 g/mol. The van der Waals surface area contributed by atoms with E-state index in [1.165, 1.54) is 18.2 Å². The third kappa shape index (κ3) is 3.49. The normalized spacial score (nSPS) is 13.1. The van der Waals surface area contributed by atoms with Gasteiger partial charge in [-0.15, -0.1) is 0 Å². The zero-order valence-electron chi connectivity index (χ0n) is 11.9. The average molecular weight is 308 g/mol. The fourth-order valence-electron chi connectivity index (χ4n) is 2.20. The molecule has 0 fully saturated rings. The molecule has 2 aromatic carbocycles. The zero-order chi connectivity index (χ0) is 15.6. The quantitative estimate of drug-likeness (QED) is 0.945. The minimum Gasteiger partial charge on any atom is -0.387 e. The maximum atomic E-state index is 13.6. The van der Waals surface area contributed by atoms with Crippen molar-refractivity contribution in [1.29, 1.82) is 0 Å². The van der Waals surface area contributed by atoms with Crippen LogP contribution < -0.4 is 0 Å². The monoisotopic (exact) mass is 308 g/mol. The number of hydrogen-bond donors (Lipinski definition) is 1. The maximum Gasteiger partial charge on any atom is 0.184 e. The lowest BCUT2D eigenvalue weighted by molar-refractivity contribution is 0.201. The molecule has 2 rings (SSSR count). The van der Waals surface area contributed by atoms with Crippen LogP contribution in [0.5, 0.6) is 0 Å². The number of aliphatic hydroxyl groups is 1. The van der Waals surface area contributed by atoms with E-state index in [0.29, 0.717) is 5.56 Å². The highest BCUT2D eigenvalue weighted by atomic mass is 32.2. The van der Waals surface area contributed by atoms with Crippen molar-refractivity contribution in [3.05, 3.63) is 65.0 Å². The third-order valence-electron chi connectivity index (χ3n) is 3.34. The van der Waals surface area contributed by atoms with E-state index in [4.69, 9.17) is 0 Å². The first-order valence-electron chi connectivity index (χ1n) is 6.54. The Kier molecular flexibility index (Phi) is 4.44. The SMILES string of the molecule is Cc1ccc(C)c(C(O)CS(=O)(=O)c2ccccc2F)c1. The molecule has 0 saturated carbocycles. The van der Waals surface area contributed by atoms with Gasteiger partial charge in [0.15, 0.2) is 9.84 Å². The summed E-state index contributed by atoms with van der Waals surface area (Å²) >= 11 is 0. The van der Waals surface area contributed by atoms with E-state index in [1.807, 2.05) is 19.1 Å². The first kappa shape index (κ1) is 15.7. The van der Waals surface area contributed by atoms with Crippen LogP contribution >= 0.6 is 0 Å². The van der Waals surface area contributed by atoms with E-state index < -0.39 is 27.5 Å². The van der Waals surface area contributed by atoms with Gasteiger partial charge in [0, 0.05) is 0 Å². The highest BCUT2D eigenvalue weighted by Gasteiger charge is 2.24. The second-order valence-electron chi connectivity index (χ2n) is 5.09. The van der Waals surface area contributed by atoms with E-state index in [-0.39, 0.29) is 4.90 Å². The van der Waals surface area contributed by atoms with Gasteiger partial charge in [0.2, 0.25) is 0 Å². The van der Waals surface area contributed by atoms with E-state index in [9.17, 15) is 17.9 Å². The van der Waals surface area contributed by atoms with Crippen molar-refractivity contribution in [2.75, 3.05) is 5.75 Å². The second-order valence-corrected chi connectivity index (χ2v) is 7.09. The summed E-state index contributed by atoms with van der Waals surface area (Å²) in [5.41, 5.74) is 2.28. The zero-order valence-corrected chi connectivity index (χ0v) is 12.7. The summed E-state index contributed by atoms with van der Waals surface area (Å²) in [6.45, 7) is 3.66. The topological polar surface area (TPSA) is 54.4 Å². The Labute approximate surface area is 124 Å². The van der Waals surface area contributed by atoms with Gasteiger partial charge in [0.25, 0.3) is 0 Å². The summed E-state index contributed by atoms with van der Waals surface area (Å²) in [6.07, 6.45) is -1.19. The van der Waals surface area contributed by atoms with E-state index in [2.05, 4.69) is 0 Å². The van der Waals surface area contributed by atoms with Crippen LogP contribution in [-0.2, 0) is 9.84 Å². The molecule has 112 valence electrons. The molecule has 5 heteroatoms. The summed E-state index contributed by atoms with van der Waals surface area (Å²) in [5.74, 6) is -1.34. The van der Waals surface area contributed by atoms with Crippen LogP contribution in [0.25, 0.3) is 0 Å². The molecule has 0 aromatic heterocycles. The predicted octanol–water partition coefficient (Wildman–Crippen LogP) is 2.95. The molecule has 0 amide bonds. The van der Waals surface area contributed by atoms with E-state index in [1.54, 1.807) is 13.0 Å². The molecule has 1 atom stereocenters. The van der Waals surface area contributed by atoms with Gasteiger partial charge in [-0.1, -0.05) is 35.9 Å². The molecule has 0 saturated heterocycles. The average Bonchev–Trinajstić information content (AvgIpc) is 2.41. The van der Waals surface area contributed by atoms with Crippen LogP contribution in [0.15, 0.2) is 47.4 Å². The van der Waals surface area contributed by atoms with Crippen LogP contribution in [0.3, 0.4) is 0 Å². The molecule has 1 unspecified atom stereocenters. The molecule has 0 bridgehead atoms. The third-order valence-corrected chi connectivity index (χ3v) is 5.10. The van der Waals surface area contributed by atoms with Gasteiger partial charge in [-0.3, -0.25) is 0 Å². The van der Waals surface area contributed by atoms with Gasteiger partial charge in [0.05, 0.1) is 11.9 Å². The number of hydrogen-bond acceptors (Lipinski definition) is 3. The van der Waals surface area contributed by atoms with Crippen molar-refractivity contribution in [1.82, 2.24) is 0 Å². The van der Waals surface area contributed by atoms with Crippen LogP contribution in [-0.4, -0.2) is 19.3 Å². The van der Waals surface area contributed by atoms with Gasteiger partial charge in [-0.25, -0.2) is 12.8 Å². The van der Waals surface area contributed by atoms with Crippen molar-refractivity contribution in [2.24, 2.45) is 0 Å². The molecule has 3 nitrogen and oxygen atoms in total. The first-order valence-corrected chi connectivity index (χ1v) is 8.19. The Morgan fingerprint density at radius 1 is 1.14 bits per heavy atom. The van der Waals surface area contributed by atoms with E-state index in [0.717, 1.165) is 17.2 Å². The van der Waals surface area contributed by atoms with E-state index >= 15 is 0 Å². The summed E-state index contributed by atoms with van der Waals surface area (Å²) in [7, 11) is -3.89. The molecule has 2 aromatic rings. The van der Waals surface area contributed by atoms with Crippen molar-refractivity contribution in [2.45, 2.75) is 24.8 Å². The van der Waals surface area contributed by atoms with Gasteiger partial charge in [-0.2, -0.15) is 0 Å². The fourth-order valence-corrected chi connectivity index (χ4v) is 3.63. The van der Waals surface area contributed by atoms with Crippen molar-refractivity contribution in [3.63, 3.8) is 0 Å². The lowest BCUT2D eigenvalue weighted by Gasteiger charge is -2.15.